The van der Waals surface area contributed by atoms with Crippen molar-refractivity contribution >= 4 is 22.3 Å². The number of aromatic amines is 1. The van der Waals surface area contributed by atoms with Crippen LogP contribution in [0.15, 0.2) is 58.9 Å². The van der Waals surface area contributed by atoms with Gasteiger partial charge in [0, 0.05) is 23.8 Å². The topological polar surface area (TPSA) is 53.4 Å². The summed E-state index contributed by atoms with van der Waals surface area (Å²) in [6, 6.07) is 14.7. The maximum Gasteiger partial charge on any atom is 0.0762 e. The molecule has 1 aliphatic rings. The predicted molar refractivity (Wildman–Crippen MR) is 89.6 cm³/mol. The molecule has 22 heavy (non-hydrogen) atoms. The van der Waals surface area contributed by atoms with Gasteiger partial charge in [-0.2, -0.15) is 15.3 Å². The maximum atomic E-state index is 4.38. The van der Waals surface area contributed by atoms with Crippen molar-refractivity contribution < 1.29 is 0 Å². The molecular formula is C18H16N4. The molecule has 2 aromatic carbocycles. The third-order valence-electron chi connectivity index (χ3n) is 4.05. The Morgan fingerprint density at radius 2 is 2.00 bits per heavy atom. The minimum absolute atomic E-state index is 0.828. The van der Waals surface area contributed by atoms with E-state index in [1.54, 1.807) is 0 Å². The molecule has 0 fully saturated rings. The first kappa shape index (κ1) is 13.0. The van der Waals surface area contributed by atoms with E-state index >= 15 is 0 Å². The number of rotatable bonds is 3. The number of benzene rings is 2. The Bertz CT molecular complexity index is 902. The van der Waals surface area contributed by atoms with Gasteiger partial charge in [0.1, 0.15) is 0 Å². The number of aryl methyl sites for hydroxylation is 1. The summed E-state index contributed by atoms with van der Waals surface area (Å²) in [6.45, 7) is 2.11. The fourth-order valence-corrected chi connectivity index (χ4v) is 2.88. The summed E-state index contributed by atoms with van der Waals surface area (Å²) in [7, 11) is 0. The molecule has 108 valence electrons. The lowest BCUT2D eigenvalue weighted by atomic mass is 9.98. The highest BCUT2D eigenvalue weighted by Crippen LogP contribution is 2.19. The van der Waals surface area contributed by atoms with E-state index in [0.717, 1.165) is 35.2 Å². The van der Waals surface area contributed by atoms with E-state index in [1.807, 2.05) is 6.20 Å². The van der Waals surface area contributed by atoms with Crippen LogP contribution >= 0.6 is 0 Å². The van der Waals surface area contributed by atoms with Gasteiger partial charge in [0.15, 0.2) is 0 Å². The third kappa shape index (κ3) is 2.33. The second kappa shape index (κ2) is 5.22. The molecule has 4 heteroatoms. The van der Waals surface area contributed by atoms with Crippen molar-refractivity contribution in [3.05, 3.63) is 65.4 Å². The average molecular weight is 288 g/mol. The lowest BCUT2D eigenvalue weighted by Crippen LogP contribution is -2.07. The van der Waals surface area contributed by atoms with Gasteiger partial charge in [0.05, 0.1) is 23.1 Å². The number of H-pyrrole nitrogens is 1. The Labute approximate surface area is 128 Å². The molecule has 4 rings (SSSR count). The highest BCUT2D eigenvalue weighted by molar-refractivity contribution is 6.16. The van der Waals surface area contributed by atoms with Crippen molar-refractivity contribution in [3.8, 4) is 0 Å². The molecule has 0 spiro atoms. The normalized spacial score (nSPS) is 14.2. The van der Waals surface area contributed by atoms with Crippen molar-refractivity contribution in [2.75, 3.05) is 0 Å². The summed E-state index contributed by atoms with van der Waals surface area (Å²) in [5.74, 6) is 0. The smallest absolute Gasteiger partial charge is 0.0762 e. The van der Waals surface area contributed by atoms with E-state index < -0.39 is 0 Å². The molecule has 0 unspecified atom stereocenters. The summed E-state index contributed by atoms with van der Waals surface area (Å²) in [5.41, 5.74) is 6.94. The molecule has 0 atom stereocenters. The van der Waals surface area contributed by atoms with Crippen LogP contribution in [0.5, 0.6) is 0 Å². The minimum atomic E-state index is 0.828. The molecule has 0 saturated carbocycles. The minimum Gasteiger partial charge on any atom is -0.278 e. The molecule has 0 bridgehead atoms. The van der Waals surface area contributed by atoms with Crippen molar-refractivity contribution in [1.29, 1.82) is 0 Å². The zero-order chi connectivity index (χ0) is 14.9. The molecule has 1 aliphatic heterocycles. The van der Waals surface area contributed by atoms with Crippen LogP contribution in [0.2, 0.25) is 0 Å². The average Bonchev–Trinajstić information content (AvgIpc) is 3.16. The lowest BCUT2D eigenvalue weighted by Gasteiger charge is -2.05. The maximum absolute atomic E-state index is 4.38. The summed E-state index contributed by atoms with van der Waals surface area (Å²) >= 11 is 0. The Balaban J connectivity index is 1.51. The van der Waals surface area contributed by atoms with E-state index in [-0.39, 0.29) is 0 Å². The number of hydrogen-bond donors (Lipinski definition) is 1. The van der Waals surface area contributed by atoms with Crippen molar-refractivity contribution in [3.63, 3.8) is 0 Å². The van der Waals surface area contributed by atoms with Gasteiger partial charge >= 0.3 is 0 Å². The SMILES string of the molecule is Cc1ccccc1C1=NN=C(Cc2ccc3[nH]ncc3c2)C1. The number of aromatic nitrogens is 2. The first-order chi connectivity index (χ1) is 10.8. The van der Waals surface area contributed by atoms with E-state index in [2.05, 4.69) is 69.8 Å². The van der Waals surface area contributed by atoms with Crippen LogP contribution < -0.4 is 0 Å². The molecule has 0 aliphatic carbocycles. The van der Waals surface area contributed by atoms with Gasteiger partial charge in [0.25, 0.3) is 0 Å². The van der Waals surface area contributed by atoms with Crippen molar-refractivity contribution in [1.82, 2.24) is 10.2 Å². The number of nitrogens with zero attached hydrogens (tertiary/aromatic N) is 3. The quantitative estimate of drug-likeness (QED) is 0.785. The van der Waals surface area contributed by atoms with Gasteiger partial charge in [-0.3, -0.25) is 5.10 Å². The summed E-state index contributed by atoms with van der Waals surface area (Å²) in [4.78, 5) is 0. The molecule has 0 amide bonds. The molecule has 4 nitrogen and oxygen atoms in total. The molecule has 1 N–H and O–H groups in total. The van der Waals surface area contributed by atoms with Gasteiger partial charge in [-0.05, 0) is 30.2 Å². The summed E-state index contributed by atoms with van der Waals surface area (Å²) in [5, 5.41) is 16.9. The van der Waals surface area contributed by atoms with Gasteiger partial charge < -0.3 is 0 Å². The summed E-state index contributed by atoms with van der Waals surface area (Å²) in [6.07, 6.45) is 3.51. The Kier molecular flexibility index (Phi) is 3.07. The fraction of sp³-hybridized carbons (Fsp3) is 0.167. The zero-order valence-electron chi connectivity index (χ0n) is 12.4. The van der Waals surface area contributed by atoms with E-state index in [9.17, 15) is 0 Å². The van der Waals surface area contributed by atoms with Crippen molar-refractivity contribution in [2.24, 2.45) is 10.2 Å². The van der Waals surface area contributed by atoms with Crippen LogP contribution in [0.3, 0.4) is 0 Å². The Morgan fingerprint density at radius 3 is 2.91 bits per heavy atom. The molecule has 1 aromatic heterocycles. The second-order valence-electron chi connectivity index (χ2n) is 5.67. The molecular weight excluding hydrogens is 272 g/mol. The van der Waals surface area contributed by atoms with Gasteiger partial charge in [-0.15, -0.1) is 0 Å². The largest absolute Gasteiger partial charge is 0.278 e. The number of hydrogen-bond acceptors (Lipinski definition) is 3. The van der Waals surface area contributed by atoms with Crippen LogP contribution in [0.25, 0.3) is 10.9 Å². The fourth-order valence-electron chi connectivity index (χ4n) is 2.88. The van der Waals surface area contributed by atoms with Gasteiger partial charge in [-0.25, -0.2) is 0 Å². The highest BCUT2D eigenvalue weighted by atomic mass is 15.2. The highest BCUT2D eigenvalue weighted by Gasteiger charge is 2.16. The van der Waals surface area contributed by atoms with Crippen molar-refractivity contribution in [2.45, 2.75) is 19.8 Å². The molecule has 0 saturated heterocycles. The van der Waals surface area contributed by atoms with Gasteiger partial charge in [-0.1, -0.05) is 30.3 Å². The Morgan fingerprint density at radius 1 is 1.09 bits per heavy atom. The van der Waals surface area contributed by atoms with Gasteiger partial charge in [0.2, 0.25) is 0 Å². The number of fused-ring (bicyclic) bond motifs is 1. The molecule has 2 heterocycles. The van der Waals surface area contributed by atoms with E-state index in [1.165, 1.54) is 16.7 Å². The zero-order valence-corrected chi connectivity index (χ0v) is 12.4. The van der Waals surface area contributed by atoms with Crippen LogP contribution in [-0.4, -0.2) is 21.6 Å². The second-order valence-corrected chi connectivity index (χ2v) is 5.67. The molecule has 3 aromatic rings. The first-order valence-electron chi connectivity index (χ1n) is 7.40. The third-order valence-corrected chi connectivity index (χ3v) is 4.05. The first-order valence-corrected chi connectivity index (χ1v) is 7.40. The monoisotopic (exact) mass is 288 g/mol. The van der Waals surface area contributed by atoms with E-state index in [4.69, 9.17) is 0 Å². The van der Waals surface area contributed by atoms with Crippen LogP contribution in [0.1, 0.15) is 23.1 Å². The summed E-state index contributed by atoms with van der Waals surface area (Å²) < 4.78 is 0. The van der Waals surface area contributed by atoms with Crippen LogP contribution in [0, 0.1) is 6.92 Å². The van der Waals surface area contributed by atoms with Crippen LogP contribution in [-0.2, 0) is 6.42 Å². The van der Waals surface area contributed by atoms with E-state index in [0.29, 0.717) is 0 Å². The standard InChI is InChI=1S/C18H16N4/c1-12-4-2-3-5-16(12)18-10-15(20-22-18)9-13-6-7-17-14(8-13)11-19-21-17/h2-8,11H,9-10H2,1H3,(H,19,21). The number of nitrogens with one attached hydrogen (secondary N) is 1. The Hall–Kier alpha value is -2.75. The lowest BCUT2D eigenvalue weighted by molar-refractivity contribution is 1.12. The molecule has 0 radical (unpaired) electrons. The van der Waals surface area contributed by atoms with Crippen LogP contribution in [0.4, 0.5) is 0 Å². The predicted octanol–water partition coefficient (Wildman–Crippen LogP) is 3.66.